The smallest absolute Gasteiger partial charge is 0.348 e. The Bertz CT molecular complexity index is 1280. The van der Waals surface area contributed by atoms with E-state index in [-0.39, 0.29) is 5.97 Å². The van der Waals surface area contributed by atoms with Gasteiger partial charge in [0.1, 0.15) is 21.3 Å². The highest BCUT2D eigenvalue weighted by Gasteiger charge is 2.21. The average molecular weight is 456 g/mol. The molecule has 0 saturated heterocycles. The number of rotatable bonds is 6. The number of ether oxygens (including phenoxy) is 1. The van der Waals surface area contributed by atoms with Crippen molar-refractivity contribution in [1.82, 2.24) is 30.2 Å². The molecule has 0 fully saturated rings. The lowest BCUT2D eigenvalue weighted by molar-refractivity contribution is 0.0531. The summed E-state index contributed by atoms with van der Waals surface area (Å²) in [6.45, 7) is 8.03. The van der Waals surface area contributed by atoms with E-state index in [1.807, 2.05) is 25.1 Å². The van der Waals surface area contributed by atoms with E-state index >= 15 is 0 Å². The third kappa shape index (κ3) is 4.10. The predicted octanol–water partition coefficient (Wildman–Crippen LogP) is 3.64. The maximum Gasteiger partial charge on any atom is 0.348 e. The summed E-state index contributed by atoms with van der Waals surface area (Å²) in [7, 11) is 0. The van der Waals surface area contributed by atoms with Crippen LogP contribution >= 0.6 is 23.1 Å². The van der Waals surface area contributed by atoms with Crippen LogP contribution in [-0.4, -0.2) is 42.8 Å². The van der Waals surface area contributed by atoms with Crippen LogP contribution in [-0.2, 0) is 10.5 Å². The molecule has 160 valence electrons. The Morgan fingerprint density at radius 1 is 1.23 bits per heavy atom. The Hall–Kier alpha value is -3.05. The number of fused-ring (bicyclic) bond motifs is 1. The number of hydrogen-bond acceptors (Lipinski definition) is 10. The summed E-state index contributed by atoms with van der Waals surface area (Å²) < 4.78 is 6.82. The maximum absolute atomic E-state index is 12.2. The highest BCUT2D eigenvalue weighted by Crippen LogP contribution is 2.34. The summed E-state index contributed by atoms with van der Waals surface area (Å²) in [5.74, 6) is 0.947. The van der Waals surface area contributed by atoms with Gasteiger partial charge in [-0.05, 0) is 66.9 Å². The Morgan fingerprint density at radius 2 is 2.03 bits per heavy atom. The van der Waals surface area contributed by atoms with Crippen molar-refractivity contribution in [1.29, 1.82) is 0 Å². The molecule has 0 radical (unpaired) electrons. The molecule has 0 unspecified atom stereocenters. The van der Waals surface area contributed by atoms with Crippen molar-refractivity contribution < 1.29 is 9.53 Å². The molecule has 0 bridgehead atoms. The zero-order chi connectivity index (χ0) is 22.1. The minimum Gasteiger partial charge on any atom is -0.462 e. The van der Waals surface area contributed by atoms with Crippen LogP contribution in [0.5, 0.6) is 0 Å². The molecule has 3 heterocycles. The van der Waals surface area contributed by atoms with Crippen molar-refractivity contribution in [2.75, 3.05) is 12.3 Å². The summed E-state index contributed by atoms with van der Waals surface area (Å²) in [6, 6.07) is 6.06. The topological polar surface area (TPSA) is 122 Å². The number of hydrogen-bond donors (Lipinski definition) is 1. The molecule has 31 heavy (non-hydrogen) atoms. The minimum atomic E-state index is -0.370. The lowest BCUT2D eigenvalue weighted by Crippen LogP contribution is -2.04. The van der Waals surface area contributed by atoms with Gasteiger partial charge in [0.25, 0.3) is 0 Å². The van der Waals surface area contributed by atoms with Crippen LogP contribution < -0.4 is 5.73 Å². The molecule has 11 heteroatoms. The van der Waals surface area contributed by atoms with Crippen molar-refractivity contribution in [2.45, 2.75) is 38.6 Å². The molecule has 0 atom stereocenters. The van der Waals surface area contributed by atoms with Crippen LogP contribution in [0.2, 0.25) is 0 Å². The molecule has 0 aliphatic heterocycles. The largest absolute Gasteiger partial charge is 0.462 e. The number of thioether (sulfide) groups is 1. The van der Waals surface area contributed by atoms with Crippen LogP contribution in [0.3, 0.4) is 0 Å². The summed E-state index contributed by atoms with van der Waals surface area (Å²) in [6.07, 6.45) is 0. The Balaban J connectivity index is 1.60. The molecule has 3 aromatic heterocycles. The zero-order valence-corrected chi connectivity index (χ0v) is 19.2. The number of esters is 1. The van der Waals surface area contributed by atoms with Gasteiger partial charge < -0.3 is 10.5 Å². The van der Waals surface area contributed by atoms with Crippen molar-refractivity contribution in [3.8, 4) is 5.69 Å². The van der Waals surface area contributed by atoms with Crippen LogP contribution in [0.1, 0.15) is 39.1 Å². The molecule has 2 N–H and O–H groups in total. The molecular weight excluding hydrogens is 434 g/mol. The molecule has 1 aromatic carbocycles. The number of nitrogens with zero attached hydrogens (tertiary/aromatic N) is 6. The number of aryl methyl sites for hydroxylation is 3. The first-order valence-corrected chi connectivity index (χ1v) is 11.4. The molecule has 4 aromatic rings. The van der Waals surface area contributed by atoms with E-state index in [0.717, 1.165) is 16.8 Å². The lowest BCUT2D eigenvalue weighted by Gasteiger charge is -2.07. The predicted molar refractivity (Wildman–Crippen MR) is 121 cm³/mol. The Morgan fingerprint density at radius 3 is 2.77 bits per heavy atom. The van der Waals surface area contributed by atoms with Crippen molar-refractivity contribution in [2.24, 2.45) is 0 Å². The summed E-state index contributed by atoms with van der Waals surface area (Å²) in [5, 5.41) is 13.4. The fourth-order valence-electron chi connectivity index (χ4n) is 3.09. The van der Waals surface area contributed by atoms with Crippen molar-refractivity contribution in [3.63, 3.8) is 0 Å². The minimum absolute atomic E-state index is 0.310. The monoisotopic (exact) mass is 455 g/mol. The molecule has 4 rings (SSSR count). The highest BCUT2D eigenvalue weighted by molar-refractivity contribution is 7.98. The summed E-state index contributed by atoms with van der Waals surface area (Å²) in [4.78, 5) is 22.4. The number of tetrazole rings is 1. The van der Waals surface area contributed by atoms with Crippen LogP contribution in [0.15, 0.2) is 23.4 Å². The zero-order valence-electron chi connectivity index (χ0n) is 17.5. The number of carbonyl (C=O) groups excluding carboxylic acids is 1. The second kappa shape index (κ2) is 8.60. The standard InChI is InChI=1S/C20H21N7O2S2/c1-5-29-19(28)16-12(4)15-17(21)22-14(23-18(15)31-16)9-30-20-24-25-26-27(20)13-7-6-10(2)11(3)8-13/h6-8H,5,9H2,1-4H3,(H2,21,22,23). The van der Waals surface area contributed by atoms with Gasteiger partial charge in [-0.15, -0.1) is 16.4 Å². The third-order valence-corrected chi connectivity index (χ3v) is 6.91. The number of nitrogen functional groups attached to an aromatic ring is 1. The summed E-state index contributed by atoms with van der Waals surface area (Å²) in [5.41, 5.74) is 10.2. The Kier molecular flexibility index (Phi) is 5.88. The van der Waals surface area contributed by atoms with Gasteiger partial charge in [-0.25, -0.2) is 14.8 Å². The number of thiophene rings is 1. The van der Waals surface area contributed by atoms with Crippen molar-refractivity contribution in [3.05, 3.63) is 45.6 Å². The first-order valence-electron chi connectivity index (χ1n) is 9.60. The second-order valence-corrected chi connectivity index (χ2v) is 8.85. The number of aromatic nitrogens is 6. The fourth-order valence-corrected chi connectivity index (χ4v) is 4.94. The van der Waals surface area contributed by atoms with Gasteiger partial charge in [0.05, 0.1) is 23.4 Å². The first kappa shape index (κ1) is 21.2. The highest BCUT2D eigenvalue weighted by atomic mass is 32.2. The Labute approximate surface area is 187 Å². The maximum atomic E-state index is 12.2. The number of benzene rings is 1. The van der Waals surface area contributed by atoms with Crippen molar-refractivity contribution >= 4 is 45.1 Å². The van der Waals surface area contributed by atoms with Gasteiger partial charge >= 0.3 is 5.97 Å². The van der Waals surface area contributed by atoms with E-state index in [4.69, 9.17) is 10.5 Å². The van der Waals surface area contributed by atoms with Gasteiger partial charge in [-0.1, -0.05) is 17.8 Å². The van der Waals surface area contributed by atoms with E-state index in [0.29, 0.717) is 44.3 Å². The van der Waals surface area contributed by atoms with Crippen LogP contribution in [0, 0.1) is 20.8 Å². The van der Waals surface area contributed by atoms with E-state index in [9.17, 15) is 4.79 Å². The normalized spacial score (nSPS) is 11.2. The van der Waals surface area contributed by atoms with Crippen LogP contribution in [0.4, 0.5) is 5.82 Å². The van der Waals surface area contributed by atoms with Gasteiger partial charge in [0.2, 0.25) is 5.16 Å². The number of nitrogens with two attached hydrogens (primary N) is 1. The van der Waals surface area contributed by atoms with Gasteiger partial charge in [-0.3, -0.25) is 0 Å². The molecular formula is C20H21N7O2S2. The van der Waals surface area contributed by atoms with E-state index in [1.165, 1.54) is 28.7 Å². The van der Waals surface area contributed by atoms with Gasteiger partial charge in [-0.2, -0.15) is 4.68 Å². The molecule has 0 saturated carbocycles. The quantitative estimate of drug-likeness (QED) is 0.343. The lowest BCUT2D eigenvalue weighted by atomic mass is 10.1. The first-order chi connectivity index (χ1) is 14.9. The molecule has 0 aliphatic rings. The molecule has 0 aliphatic carbocycles. The molecule has 0 spiro atoms. The van der Waals surface area contributed by atoms with E-state index in [2.05, 4.69) is 39.3 Å². The van der Waals surface area contributed by atoms with Crippen LogP contribution in [0.25, 0.3) is 15.9 Å². The van der Waals surface area contributed by atoms with Gasteiger partial charge in [0.15, 0.2) is 0 Å². The SMILES string of the molecule is CCOC(=O)c1sc2nc(CSc3nnnn3-c3ccc(C)c(C)c3)nc(N)c2c1C. The second-order valence-electron chi connectivity index (χ2n) is 6.91. The molecule has 0 amide bonds. The fraction of sp³-hybridized carbons (Fsp3) is 0.300. The van der Waals surface area contributed by atoms with E-state index < -0.39 is 0 Å². The van der Waals surface area contributed by atoms with Gasteiger partial charge in [0, 0.05) is 0 Å². The third-order valence-electron chi connectivity index (χ3n) is 4.83. The average Bonchev–Trinajstić information content (AvgIpc) is 3.33. The number of anilines is 1. The molecule has 9 nitrogen and oxygen atoms in total. The summed E-state index contributed by atoms with van der Waals surface area (Å²) >= 11 is 2.68. The number of carbonyl (C=O) groups is 1. The van der Waals surface area contributed by atoms with E-state index in [1.54, 1.807) is 11.6 Å².